The highest BCUT2D eigenvalue weighted by Gasteiger charge is 2.11. The molecule has 0 atom stereocenters. The fraction of sp³-hybridized carbons (Fsp3) is 0.588. The number of esters is 1. The number of hydrogen-bond donors (Lipinski definition) is 2. The number of aromatic hydroxyl groups is 1. The Balaban J connectivity index is 2.50. The standard InChI is InChI=1S/C17H28N2O3/c1-4-7-10-18-15-9-8-14(13-16(15)20)17(21)22-12-11-19(5-2)6-3/h8-9,13,18,20H,4-7,10-12H2,1-3H3. The van der Waals surface area contributed by atoms with Crippen molar-refractivity contribution in [3.63, 3.8) is 0 Å². The topological polar surface area (TPSA) is 61.8 Å². The number of hydrogen-bond acceptors (Lipinski definition) is 5. The molecule has 0 aliphatic carbocycles. The summed E-state index contributed by atoms with van der Waals surface area (Å²) in [6.07, 6.45) is 2.12. The van der Waals surface area contributed by atoms with Crippen LogP contribution in [0.2, 0.25) is 0 Å². The van der Waals surface area contributed by atoms with E-state index in [0.29, 0.717) is 17.9 Å². The van der Waals surface area contributed by atoms with Crippen LogP contribution in [0.15, 0.2) is 18.2 Å². The second kappa shape index (κ2) is 10.1. The highest BCUT2D eigenvalue weighted by atomic mass is 16.5. The first-order chi connectivity index (χ1) is 10.6. The normalized spacial score (nSPS) is 10.7. The minimum atomic E-state index is -0.400. The van der Waals surface area contributed by atoms with Crippen LogP contribution in [0.1, 0.15) is 44.0 Å². The van der Waals surface area contributed by atoms with Gasteiger partial charge in [-0.1, -0.05) is 27.2 Å². The Bertz CT molecular complexity index is 459. The van der Waals surface area contributed by atoms with Gasteiger partial charge in [-0.3, -0.25) is 0 Å². The van der Waals surface area contributed by atoms with E-state index >= 15 is 0 Å². The molecule has 0 radical (unpaired) electrons. The zero-order chi connectivity index (χ0) is 16.4. The van der Waals surface area contributed by atoms with Crippen LogP contribution in [0.25, 0.3) is 0 Å². The summed E-state index contributed by atoms with van der Waals surface area (Å²) in [5, 5.41) is 13.1. The molecular weight excluding hydrogens is 280 g/mol. The second-order valence-corrected chi connectivity index (χ2v) is 5.18. The Labute approximate surface area is 133 Å². The van der Waals surface area contributed by atoms with E-state index in [1.165, 1.54) is 6.07 Å². The minimum absolute atomic E-state index is 0.0781. The Kier molecular flexibility index (Phi) is 8.36. The number of nitrogens with zero attached hydrogens (tertiary/aromatic N) is 1. The smallest absolute Gasteiger partial charge is 0.338 e. The van der Waals surface area contributed by atoms with Gasteiger partial charge in [0, 0.05) is 13.1 Å². The van der Waals surface area contributed by atoms with Crippen molar-refractivity contribution in [3.8, 4) is 5.75 Å². The Morgan fingerprint density at radius 3 is 2.59 bits per heavy atom. The molecule has 0 saturated heterocycles. The van der Waals surface area contributed by atoms with Gasteiger partial charge in [0.05, 0.1) is 11.3 Å². The van der Waals surface area contributed by atoms with Gasteiger partial charge in [0.2, 0.25) is 0 Å². The number of likely N-dealkylation sites (N-methyl/N-ethyl adjacent to an activating group) is 1. The van der Waals surface area contributed by atoms with Gasteiger partial charge in [-0.15, -0.1) is 0 Å². The molecule has 1 rings (SSSR count). The summed E-state index contributed by atoms with van der Waals surface area (Å²) < 4.78 is 5.24. The number of nitrogens with one attached hydrogen (secondary N) is 1. The van der Waals surface area contributed by atoms with Gasteiger partial charge < -0.3 is 20.1 Å². The molecule has 0 bridgehead atoms. The van der Waals surface area contributed by atoms with Crippen LogP contribution >= 0.6 is 0 Å². The van der Waals surface area contributed by atoms with Crippen LogP contribution in [0.3, 0.4) is 0 Å². The zero-order valence-electron chi connectivity index (χ0n) is 13.9. The number of unbranched alkanes of at least 4 members (excludes halogenated alkanes) is 1. The lowest BCUT2D eigenvalue weighted by Crippen LogP contribution is -2.27. The Morgan fingerprint density at radius 2 is 2.00 bits per heavy atom. The molecule has 0 amide bonds. The average Bonchev–Trinajstić information content (AvgIpc) is 2.53. The summed E-state index contributed by atoms with van der Waals surface area (Å²) in [4.78, 5) is 14.1. The lowest BCUT2D eigenvalue weighted by Gasteiger charge is -2.17. The van der Waals surface area contributed by atoms with Gasteiger partial charge in [-0.05, 0) is 37.7 Å². The fourth-order valence-electron chi connectivity index (χ4n) is 2.10. The number of benzene rings is 1. The van der Waals surface area contributed by atoms with Crippen molar-refractivity contribution in [2.24, 2.45) is 0 Å². The maximum Gasteiger partial charge on any atom is 0.338 e. The van der Waals surface area contributed by atoms with Gasteiger partial charge in [0.25, 0.3) is 0 Å². The van der Waals surface area contributed by atoms with Crippen LogP contribution < -0.4 is 5.32 Å². The zero-order valence-corrected chi connectivity index (χ0v) is 13.9. The van der Waals surface area contributed by atoms with Crippen molar-refractivity contribution in [3.05, 3.63) is 23.8 Å². The van der Waals surface area contributed by atoms with Gasteiger partial charge in [0.1, 0.15) is 12.4 Å². The maximum atomic E-state index is 12.0. The third kappa shape index (κ3) is 5.93. The largest absolute Gasteiger partial charge is 0.506 e. The first-order valence-electron chi connectivity index (χ1n) is 8.08. The van der Waals surface area contributed by atoms with E-state index in [9.17, 15) is 9.90 Å². The summed E-state index contributed by atoms with van der Waals surface area (Å²) in [7, 11) is 0. The van der Waals surface area contributed by atoms with Crippen molar-refractivity contribution in [1.82, 2.24) is 4.90 Å². The van der Waals surface area contributed by atoms with Crippen LogP contribution in [0.5, 0.6) is 5.75 Å². The third-order valence-corrected chi connectivity index (χ3v) is 3.61. The molecule has 0 saturated carbocycles. The lowest BCUT2D eigenvalue weighted by molar-refractivity contribution is 0.0466. The molecule has 124 valence electrons. The van der Waals surface area contributed by atoms with Crippen molar-refractivity contribution in [1.29, 1.82) is 0 Å². The predicted molar refractivity (Wildman–Crippen MR) is 89.6 cm³/mol. The Hall–Kier alpha value is -1.75. The molecule has 22 heavy (non-hydrogen) atoms. The van der Waals surface area contributed by atoms with E-state index in [4.69, 9.17) is 4.74 Å². The first-order valence-corrected chi connectivity index (χ1v) is 8.08. The second-order valence-electron chi connectivity index (χ2n) is 5.18. The monoisotopic (exact) mass is 308 g/mol. The summed E-state index contributed by atoms with van der Waals surface area (Å²) in [5.74, 6) is -0.322. The van der Waals surface area contributed by atoms with E-state index in [1.54, 1.807) is 12.1 Å². The van der Waals surface area contributed by atoms with Crippen molar-refractivity contribution >= 4 is 11.7 Å². The van der Waals surface area contributed by atoms with Crippen LogP contribution in [-0.4, -0.2) is 48.8 Å². The lowest BCUT2D eigenvalue weighted by atomic mass is 10.2. The molecule has 1 aromatic carbocycles. The van der Waals surface area contributed by atoms with Crippen molar-refractivity contribution in [2.45, 2.75) is 33.6 Å². The molecule has 0 aliphatic rings. The third-order valence-electron chi connectivity index (χ3n) is 3.61. The van der Waals surface area contributed by atoms with Gasteiger partial charge in [-0.25, -0.2) is 4.79 Å². The van der Waals surface area contributed by atoms with Crippen LogP contribution in [0, 0.1) is 0 Å². The Morgan fingerprint density at radius 1 is 1.27 bits per heavy atom. The number of anilines is 1. The number of phenolic OH excluding ortho intramolecular Hbond substituents is 1. The van der Waals surface area contributed by atoms with E-state index in [1.807, 2.05) is 0 Å². The molecule has 5 heteroatoms. The van der Waals surface area contributed by atoms with Crippen molar-refractivity contribution in [2.75, 3.05) is 38.1 Å². The van der Waals surface area contributed by atoms with Gasteiger partial charge in [-0.2, -0.15) is 0 Å². The summed E-state index contributed by atoms with van der Waals surface area (Å²) >= 11 is 0. The first kappa shape index (κ1) is 18.3. The molecule has 0 spiro atoms. The summed E-state index contributed by atoms with van der Waals surface area (Å²) in [6.45, 7) is 10.0. The molecule has 0 heterocycles. The van der Waals surface area contributed by atoms with E-state index in [0.717, 1.165) is 39.0 Å². The van der Waals surface area contributed by atoms with Gasteiger partial charge in [0.15, 0.2) is 0 Å². The molecule has 1 aromatic rings. The SMILES string of the molecule is CCCCNc1ccc(C(=O)OCCN(CC)CC)cc1O. The average molecular weight is 308 g/mol. The number of carbonyl (C=O) groups is 1. The van der Waals surface area contributed by atoms with Crippen LogP contribution in [0.4, 0.5) is 5.69 Å². The maximum absolute atomic E-state index is 12.0. The molecule has 0 fully saturated rings. The molecule has 5 nitrogen and oxygen atoms in total. The quantitative estimate of drug-likeness (QED) is 0.395. The molecule has 0 aliphatic heterocycles. The number of rotatable bonds is 10. The van der Waals surface area contributed by atoms with Gasteiger partial charge >= 0.3 is 5.97 Å². The molecular formula is C17H28N2O3. The molecule has 0 unspecified atom stereocenters. The summed E-state index contributed by atoms with van der Waals surface area (Å²) in [6, 6.07) is 4.84. The summed E-state index contributed by atoms with van der Waals surface area (Å²) in [5.41, 5.74) is 1.02. The van der Waals surface area contributed by atoms with E-state index < -0.39 is 5.97 Å². The highest BCUT2D eigenvalue weighted by molar-refractivity contribution is 5.90. The van der Waals surface area contributed by atoms with E-state index in [-0.39, 0.29) is 5.75 Å². The number of ether oxygens (including phenoxy) is 1. The number of carbonyl (C=O) groups excluding carboxylic acids is 1. The molecule has 0 aromatic heterocycles. The fourth-order valence-corrected chi connectivity index (χ4v) is 2.10. The van der Waals surface area contributed by atoms with Crippen molar-refractivity contribution < 1.29 is 14.6 Å². The minimum Gasteiger partial charge on any atom is -0.506 e. The predicted octanol–water partition coefficient (Wildman–Crippen LogP) is 3.10. The molecule has 2 N–H and O–H groups in total. The van der Waals surface area contributed by atoms with E-state index in [2.05, 4.69) is 31.0 Å². The highest BCUT2D eigenvalue weighted by Crippen LogP contribution is 2.24. The number of phenols is 1. The van der Waals surface area contributed by atoms with Crippen LogP contribution in [-0.2, 0) is 4.74 Å².